The number of pyridine rings is 2. The second-order valence-electron chi connectivity index (χ2n) is 7.66. The zero-order chi connectivity index (χ0) is 22.4. The molecular formula is C26H32N4O2. The van der Waals surface area contributed by atoms with Crippen molar-refractivity contribution in [3.63, 3.8) is 0 Å². The van der Waals surface area contributed by atoms with E-state index in [1.807, 2.05) is 48.5 Å². The van der Waals surface area contributed by atoms with Crippen molar-refractivity contribution in [1.29, 1.82) is 0 Å². The molecule has 0 bridgehead atoms. The Labute approximate surface area is 190 Å². The molecule has 0 fully saturated rings. The van der Waals surface area contributed by atoms with Gasteiger partial charge in [-0.2, -0.15) is 0 Å². The van der Waals surface area contributed by atoms with Crippen LogP contribution in [0.2, 0.25) is 0 Å². The molecule has 6 nitrogen and oxygen atoms in total. The van der Waals surface area contributed by atoms with E-state index in [0.717, 1.165) is 42.6 Å². The largest absolute Gasteiger partial charge is 0.494 e. The first kappa shape index (κ1) is 23.4. The molecule has 1 unspecified atom stereocenters. The van der Waals surface area contributed by atoms with Crippen LogP contribution < -0.4 is 15.4 Å². The normalized spacial score (nSPS) is 11.7. The number of aromatic nitrogens is 2. The average Bonchev–Trinajstić information content (AvgIpc) is 2.84. The Bertz CT molecular complexity index is 918. The van der Waals surface area contributed by atoms with E-state index in [4.69, 9.17) is 4.74 Å². The van der Waals surface area contributed by atoms with Crippen molar-refractivity contribution in [3.8, 4) is 5.75 Å². The molecule has 168 valence electrons. The van der Waals surface area contributed by atoms with Crippen LogP contribution in [0.1, 0.15) is 42.5 Å². The predicted octanol–water partition coefficient (Wildman–Crippen LogP) is 3.89. The van der Waals surface area contributed by atoms with Crippen LogP contribution >= 0.6 is 0 Å². The van der Waals surface area contributed by atoms with Crippen LogP contribution in [-0.2, 0) is 17.6 Å². The minimum atomic E-state index is -0.432. The number of nitrogens with one attached hydrogen (secondary N) is 2. The topological polar surface area (TPSA) is 76.1 Å². The molecule has 3 aromatic rings. The van der Waals surface area contributed by atoms with Crippen LogP contribution in [0.4, 0.5) is 0 Å². The van der Waals surface area contributed by atoms with Crippen molar-refractivity contribution in [2.75, 3.05) is 19.7 Å². The third kappa shape index (κ3) is 7.78. The first-order chi connectivity index (χ1) is 15.8. The van der Waals surface area contributed by atoms with Gasteiger partial charge < -0.3 is 15.4 Å². The number of carbonyl (C=O) groups excluding carboxylic acids is 1. The number of carbonyl (C=O) groups is 1. The summed E-state index contributed by atoms with van der Waals surface area (Å²) < 4.78 is 5.76. The van der Waals surface area contributed by atoms with Crippen molar-refractivity contribution in [1.82, 2.24) is 20.6 Å². The number of benzene rings is 1. The van der Waals surface area contributed by atoms with Crippen molar-refractivity contribution < 1.29 is 9.53 Å². The molecule has 0 radical (unpaired) electrons. The molecule has 2 N–H and O–H groups in total. The highest BCUT2D eigenvalue weighted by atomic mass is 16.5. The van der Waals surface area contributed by atoms with E-state index >= 15 is 0 Å². The zero-order valence-electron chi connectivity index (χ0n) is 18.7. The number of rotatable bonds is 13. The lowest BCUT2D eigenvalue weighted by atomic mass is 10.0. The van der Waals surface area contributed by atoms with E-state index in [2.05, 4.69) is 27.5 Å². The minimum Gasteiger partial charge on any atom is -0.494 e. The molecule has 2 heterocycles. The summed E-state index contributed by atoms with van der Waals surface area (Å²) in [6, 6.07) is 15.3. The van der Waals surface area contributed by atoms with Crippen LogP contribution in [0.25, 0.3) is 0 Å². The van der Waals surface area contributed by atoms with Gasteiger partial charge >= 0.3 is 0 Å². The molecular weight excluding hydrogens is 400 g/mol. The fourth-order valence-corrected chi connectivity index (χ4v) is 3.34. The van der Waals surface area contributed by atoms with Crippen LogP contribution in [0.15, 0.2) is 73.3 Å². The van der Waals surface area contributed by atoms with Gasteiger partial charge in [0.2, 0.25) is 5.91 Å². The molecule has 0 saturated carbocycles. The molecule has 2 aromatic heterocycles. The number of nitrogens with zero attached hydrogens (tertiary/aromatic N) is 2. The van der Waals surface area contributed by atoms with Crippen molar-refractivity contribution in [3.05, 3.63) is 90.0 Å². The maximum Gasteiger partial charge on any atom is 0.241 e. The van der Waals surface area contributed by atoms with Crippen LogP contribution in [-0.4, -0.2) is 35.6 Å². The summed E-state index contributed by atoms with van der Waals surface area (Å²) >= 11 is 0. The van der Waals surface area contributed by atoms with Crippen LogP contribution in [0.5, 0.6) is 5.75 Å². The zero-order valence-corrected chi connectivity index (χ0v) is 18.7. The van der Waals surface area contributed by atoms with Crippen molar-refractivity contribution in [2.24, 2.45) is 0 Å². The van der Waals surface area contributed by atoms with Crippen molar-refractivity contribution >= 4 is 5.91 Å². The summed E-state index contributed by atoms with van der Waals surface area (Å²) in [5.41, 5.74) is 3.25. The highest BCUT2D eigenvalue weighted by Crippen LogP contribution is 2.19. The Morgan fingerprint density at radius 2 is 1.47 bits per heavy atom. The molecule has 6 heteroatoms. The van der Waals surface area contributed by atoms with Gasteiger partial charge in [0.1, 0.15) is 11.8 Å². The Balaban J connectivity index is 1.60. The van der Waals surface area contributed by atoms with Gasteiger partial charge in [0.25, 0.3) is 0 Å². The summed E-state index contributed by atoms with van der Waals surface area (Å²) in [5.74, 6) is 0.796. The molecule has 1 atom stereocenters. The number of hydrogen-bond donors (Lipinski definition) is 2. The minimum absolute atomic E-state index is 0.0339. The fraction of sp³-hybridized carbons (Fsp3) is 0.346. The second-order valence-corrected chi connectivity index (χ2v) is 7.66. The molecule has 0 saturated heterocycles. The molecule has 0 spiro atoms. The Hall–Kier alpha value is -3.25. The maximum atomic E-state index is 13.0. The first-order valence-corrected chi connectivity index (χ1v) is 11.3. The molecule has 3 rings (SSSR count). The Kier molecular flexibility index (Phi) is 9.68. The van der Waals surface area contributed by atoms with Crippen molar-refractivity contribution in [2.45, 2.75) is 38.6 Å². The highest BCUT2D eigenvalue weighted by Gasteiger charge is 2.19. The summed E-state index contributed by atoms with van der Waals surface area (Å²) in [7, 11) is 0. The van der Waals surface area contributed by atoms with Gasteiger partial charge in [-0.3, -0.25) is 14.8 Å². The number of unbranched alkanes of at least 4 members (excludes halogenated alkanes) is 1. The molecule has 0 aliphatic carbocycles. The van der Waals surface area contributed by atoms with E-state index in [9.17, 15) is 4.79 Å². The molecule has 32 heavy (non-hydrogen) atoms. The summed E-state index contributed by atoms with van der Waals surface area (Å²) in [6.07, 6.45) is 10.8. The quantitative estimate of drug-likeness (QED) is 0.401. The lowest BCUT2D eigenvalue weighted by Crippen LogP contribution is -2.39. The van der Waals surface area contributed by atoms with Gasteiger partial charge in [0.05, 0.1) is 6.61 Å². The Morgan fingerprint density at radius 3 is 2.06 bits per heavy atom. The lowest BCUT2D eigenvalue weighted by Gasteiger charge is -2.19. The summed E-state index contributed by atoms with van der Waals surface area (Å²) in [5, 5.41) is 6.49. The SMILES string of the molecule is CCCCOc1ccc(C(NCCc2ccncc2)C(=O)NCCc2ccncc2)cc1. The molecule has 1 aromatic carbocycles. The number of amides is 1. The van der Waals surface area contributed by atoms with Gasteiger partial charge in [-0.15, -0.1) is 0 Å². The number of ether oxygens (including phenoxy) is 1. The fourth-order valence-electron chi connectivity index (χ4n) is 3.34. The van der Waals surface area contributed by atoms with E-state index in [1.165, 1.54) is 5.56 Å². The Morgan fingerprint density at radius 1 is 0.875 bits per heavy atom. The van der Waals surface area contributed by atoms with E-state index in [-0.39, 0.29) is 5.91 Å². The van der Waals surface area contributed by atoms with Gasteiger partial charge in [-0.1, -0.05) is 25.5 Å². The molecule has 1 amide bonds. The third-order valence-electron chi connectivity index (χ3n) is 5.22. The third-order valence-corrected chi connectivity index (χ3v) is 5.22. The van der Waals surface area contributed by atoms with Gasteiger partial charge in [-0.05, 0) is 72.4 Å². The van der Waals surface area contributed by atoms with Crippen LogP contribution in [0, 0.1) is 0 Å². The molecule has 0 aliphatic rings. The van der Waals surface area contributed by atoms with E-state index in [1.54, 1.807) is 24.8 Å². The first-order valence-electron chi connectivity index (χ1n) is 11.3. The summed E-state index contributed by atoms with van der Waals surface area (Å²) in [6.45, 7) is 4.10. The van der Waals surface area contributed by atoms with Gasteiger partial charge in [-0.25, -0.2) is 0 Å². The highest BCUT2D eigenvalue weighted by molar-refractivity contribution is 5.83. The van der Waals surface area contributed by atoms with Gasteiger partial charge in [0.15, 0.2) is 0 Å². The molecule has 0 aliphatic heterocycles. The van der Waals surface area contributed by atoms with E-state index < -0.39 is 6.04 Å². The predicted molar refractivity (Wildman–Crippen MR) is 126 cm³/mol. The van der Waals surface area contributed by atoms with E-state index in [0.29, 0.717) is 19.7 Å². The average molecular weight is 433 g/mol. The number of hydrogen-bond acceptors (Lipinski definition) is 5. The standard InChI is InChI=1S/C26H32N4O2/c1-2-3-20-32-24-6-4-23(5-7-24)25(29-18-12-21-8-14-27-15-9-21)26(31)30-19-13-22-10-16-28-17-11-22/h4-11,14-17,25,29H,2-3,12-13,18-20H2,1H3,(H,30,31). The smallest absolute Gasteiger partial charge is 0.241 e. The maximum absolute atomic E-state index is 13.0. The lowest BCUT2D eigenvalue weighted by molar-refractivity contribution is -0.123. The monoisotopic (exact) mass is 432 g/mol. The van der Waals surface area contributed by atoms with Crippen LogP contribution in [0.3, 0.4) is 0 Å². The summed E-state index contributed by atoms with van der Waals surface area (Å²) in [4.78, 5) is 21.1. The second kappa shape index (κ2) is 13.2. The van der Waals surface area contributed by atoms with Gasteiger partial charge in [0, 0.05) is 37.9 Å².